The molecule has 10 heavy (non-hydrogen) atoms. The van der Waals surface area contributed by atoms with Crippen LogP contribution in [0.1, 0.15) is 11.1 Å². The van der Waals surface area contributed by atoms with Crippen molar-refractivity contribution >= 4 is 59.1 Å². The van der Waals surface area contributed by atoms with E-state index in [2.05, 4.69) is 38.1 Å². The predicted molar refractivity (Wildman–Crippen MR) is 50.2 cm³/mol. The van der Waals surface area contributed by atoms with Crippen molar-refractivity contribution in [3.05, 3.63) is 35.4 Å². The summed E-state index contributed by atoms with van der Waals surface area (Å²) < 4.78 is 0. The molecule has 0 aliphatic rings. The van der Waals surface area contributed by atoms with Crippen molar-refractivity contribution in [2.75, 3.05) is 0 Å². The second kappa shape index (κ2) is 6.90. The molecule has 1 aromatic carbocycles. The van der Waals surface area contributed by atoms with Gasteiger partial charge < -0.3 is 0 Å². The van der Waals surface area contributed by atoms with Gasteiger partial charge in [0.05, 0.1) is 0 Å². The van der Waals surface area contributed by atoms with Gasteiger partial charge in [0.25, 0.3) is 0 Å². The molecule has 2 heteroatoms. The van der Waals surface area contributed by atoms with Crippen molar-refractivity contribution in [3.8, 4) is 0 Å². The summed E-state index contributed by atoms with van der Waals surface area (Å²) in [6, 6.07) is 8.36. The van der Waals surface area contributed by atoms with E-state index in [0.29, 0.717) is 0 Å². The SMILES string of the molecule is Cc1ccccc1C.[NaH].[NaH]. The van der Waals surface area contributed by atoms with E-state index < -0.39 is 0 Å². The third-order valence-electron chi connectivity index (χ3n) is 1.43. The molecular weight excluding hydrogens is 142 g/mol. The maximum atomic E-state index is 2.12. The standard InChI is InChI=1S/C8H10.2Na.2H/c1-7-5-3-4-6-8(7)2;;;;/h3-6H,1-2H3;;;;. The number of benzene rings is 1. The van der Waals surface area contributed by atoms with E-state index in [9.17, 15) is 0 Å². The van der Waals surface area contributed by atoms with Crippen molar-refractivity contribution in [1.29, 1.82) is 0 Å². The third-order valence-corrected chi connectivity index (χ3v) is 1.43. The Morgan fingerprint density at radius 3 is 1.30 bits per heavy atom. The molecule has 0 atom stereocenters. The van der Waals surface area contributed by atoms with Gasteiger partial charge in [-0.2, -0.15) is 0 Å². The van der Waals surface area contributed by atoms with Gasteiger partial charge >= 0.3 is 59.1 Å². The zero-order valence-electron chi connectivity index (χ0n) is 5.31. The molecule has 0 spiro atoms. The first-order valence-electron chi connectivity index (χ1n) is 2.83. The van der Waals surface area contributed by atoms with Crippen LogP contribution in [0.2, 0.25) is 0 Å². The maximum absolute atomic E-state index is 2.12. The normalized spacial score (nSPS) is 7.40. The van der Waals surface area contributed by atoms with Crippen LogP contribution < -0.4 is 0 Å². The van der Waals surface area contributed by atoms with Crippen LogP contribution in [0.15, 0.2) is 24.3 Å². The van der Waals surface area contributed by atoms with Gasteiger partial charge in [0.2, 0.25) is 0 Å². The molecule has 0 N–H and O–H groups in total. The van der Waals surface area contributed by atoms with Crippen LogP contribution in [0.3, 0.4) is 0 Å². The summed E-state index contributed by atoms with van der Waals surface area (Å²) in [6.07, 6.45) is 0. The van der Waals surface area contributed by atoms with E-state index in [1.807, 2.05) is 0 Å². The number of aryl methyl sites for hydroxylation is 2. The van der Waals surface area contributed by atoms with Crippen molar-refractivity contribution in [3.63, 3.8) is 0 Å². The van der Waals surface area contributed by atoms with Crippen LogP contribution >= 0.6 is 0 Å². The molecule has 1 rings (SSSR count). The first kappa shape index (κ1) is 13.8. The molecule has 0 aliphatic carbocycles. The van der Waals surface area contributed by atoms with Gasteiger partial charge in [0.15, 0.2) is 0 Å². The summed E-state index contributed by atoms with van der Waals surface area (Å²) in [5, 5.41) is 0. The number of hydrogen-bond donors (Lipinski definition) is 0. The Labute approximate surface area is 107 Å². The van der Waals surface area contributed by atoms with Crippen LogP contribution in [-0.4, -0.2) is 59.1 Å². The zero-order valence-corrected chi connectivity index (χ0v) is 5.31. The molecule has 0 fully saturated rings. The van der Waals surface area contributed by atoms with Crippen molar-refractivity contribution < 1.29 is 0 Å². The van der Waals surface area contributed by atoms with Gasteiger partial charge in [0.1, 0.15) is 0 Å². The minimum absolute atomic E-state index is 0. The van der Waals surface area contributed by atoms with Crippen LogP contribution in [0.5, 0.6) is 0 Å². The van der Waals surface area contributed by atoms with E-state index in [1.165, 1.54) is 11.1 Å². The molecule has 0 unspecified atom stereocenters. The monoisotopic (exact) mass is 154 g/mol. The van der Waals surface area contributed by atoms with E-state index in [4.69, 9.17) is 0 Å². The second-order valence-corrected chi connectivity index (χ2v) is 2.08. The van der Waals surface area contributed by atoms with Gasteiger partial charge in [-0.1, -0.05) is 24.3 Å². The quantitative estimate of drug-likeness (QED) is 0.489. The first-order valence-corrected chi connectivity index (χ1v) is 2.83. The third kappa shape index (κ3) is 4.17. The topological polar surface area (TPSA) is 0 Å². The van der Waals surface area contributed by atoms with Gasteiger partial charge in [-0.05, 0) is 25.0 Å². The summed E-state index contributed by atoms with van der Waals surface area (Å²) in [5.41, 5.74) is 2.74. The summed E-state index contributed by atoms with van der Waals surface area (Å²) in [7, 11) is 0. The molecule has 0 heterocycles. The number of hydrogen-bond acceptors (Lipinski definition) is 0. The predicted octanol–water partition coefficient (Wildman–Crippen LogP) is 1.01. The molecule has 0 saturated carbocycles. The fraction of sp³-hybridized carbons (Fsp3) is 0.250. The van der Waals surface area contributed by atoms with Gasteiger partial charge in [0, 0.05) is 0 Å². The molecule has 0 radical (unpaired) electrons. The Morgan fingerprint density at radius 2 is 1.10 bits per heavy atom. The molecule has 0 amide bonds. The molecule has 46 valence electrons. The van der Waals surface area contributed by atoms with Crippen molar-refractivity contribution in [2.45, 2.75) is 13.8 Å². The second-order valence-electron chi connectivity index (χ2n) is 2.08. The van der Waals surface area contributed by atoms with E-state index in [0.717, 1.165) is 0 Å². The fourth-order valence-electron chi connectivity index (χ4n) is 0.663. The summed E-state index contributed by atoms with van der Waals surface area (Å²) in [4.78, 5) is 0. The molecule has 0 aromatic heterocycles. The fourth-order valence-corrected chi connectivity index (χ4v) is 0.663. The molecular formula is C8H12Na2. The Morgan fingerprint density at radius 1 is 0.800 bits per heavy atom. The number of rotatable bonds is 0. The van der Waals surface area contributed by atoms with Crippen LogP contribution in [0, 0.1) is 13.8 Å². The molecule has 0 saturated heterocycles. The van der Waals surface area contributed by atoms with Gasteiger partial charge in [-0.3, -0.25) is 0 Å². The van der Waals surface area contributed by atoms with E-state index in [1.54, 1.807) is 0 Å². The summed E-state index contributed by atoms with van der Waals surface area (Å²) in [6.45, 7) is 4.24. The minimum atomic E-state index is 0. The summed E-state index contributed by atoms with van der Waals surface area (Å²) in [5.74, 6) is 0. The van der Waals surface area contributed by atoms with E-state index >= 15 is 0 Å². The zero-order chi connectivity index (χ0) is 5.98. The molecule has 0 nitrogen and oxygen atoms in total. The van der Waals surface area contributed by atoms with Crippen molar-refractivity contribution in [2.24, 2.45) is 0 Å². The van der Waals surface area contributed by atoms with Crippen LogP contribution in [0.4, 0.5) is 0 Å². The Kier molecular flexibility index (Phi) is 9.51. The van der Waals surface area contributed by atoms with Crippen LogP contribution in [-0.2, 0) is 0 Å². The first-order chi connectivity index (χ1) is 3.80. The van der Waals surface area contributed by atoms with Crippen LogP contribution in [0.25, 0.3) is 0 Å². The van der Waals surface area contributed by atoms with Crippen molar-refractivity contribution in [1.82, 2.24) is 0 Å². The molecule has 1 aromatic rings. The van der Waals surface area contributed by atoms with Gasteiger partial charge in [-0.25, -0.2) is 0 Å². The average molecular weight is 154 g/mol. The molecule has 0 aliphatic heterocycles. The molecule has 0 bridgehead atoms. The van der Waals surface area contributed by atoms with Gasteiger partial charge in [-0.15, -0.1) is 0 Å². The summed E-state index contributed by atoms with van der Waals surface area (Å²) >= 11 is 0. The Bertz CT molecular complexity index is 163. The average Bonchev–Trinajstić information content (AvgIpc) is 1.77. The Hall–Kier alpha value is 1.22. The Balaban J connectivity index is 0. The van der Waals surface area contributed by atoms with E-state index in [-0.39, 0.29) is 59.1 Å².